The molecule has 1 aromatic carbocycles. The SMILES string of the molecule is CCCC1(Cn2nnnc2-c2cc(N)cc(OC)c2)CC1. The topological polar surface area (TPSA) is 78.9 Å². The summed E-state index contributed by atoms with van der Waals surface area (Å²) in [7, 11) is 1.63. The Morgan fingerprint density at radius 3 is 2.81 bits per heavy atom. The Morgan fingerprint density at radius 1 is 1.33 bits per heavy atom. The van der Waals surface area contributed by atoms with E-state index in [1.54, 1.807) is 13.2 Å². The van der Waals surface area contributed by atoms with Crippen LogP contribution in [0.3, 0.4) is 0 Å². The number of nitrogens with zero attached hydrogens (tertiary/aromatic N) is 4. The van der Waals surface area contributed by atoms with Crippen molar-refractivity contribution in [2.75, 3.05) is 12.8 Å². The third-order valence-corrected chi connectivity index (χ3v) is 4.18. The number of ether oxygens (including phenoxy) is 1. The number of hydrogen-bond acceptors (Lipinski definition) is 5. The van der Waals surface area contributed by atoms with Gasteiger partial charge >= 0.3 is 0 Å². The molecule has 2 aromatic rings. The molecule has 1 aliphatic rings. The second-order valence-corrected chi connectivity index (χ2v) is 5.90. The monoisotopic (exact) mass is 287 g/mol. The first-order valence-corrected chi connectivity index (χ1v) is 7.37. The van der Waals surface area contributed by atoms with E-state index in [1.807, 2.05) is 16.8 Å². The van der Waals surface area contributed by atoms with Gasteiger partial charge in [-0.15, -0.1) is 5.10 Å². The Kier molecular flexibility index (Phi) is 3.53. The molecule has 0 atom stereocenters. The maximum atomic E-state index is 5.92. The number of nitrogens with two attached hydrogens (primary N) is 1. The predicted octanol–water partition coefficient (Wildman–Crippen LogP) is 2.51. The van der Waals surface area contributed by atoms with E-state index in [4.69, 9.17) is 10.5 Å². The van der Waals surface area contributed by atoms with Gasteiger partial charge in [0.15, 0.2) is 5.82 Å². The highest BCUT2D eigenvalue weighted by atomic mass is 16.5. The smallest absolute Gasteiger partial charge is 0.182 e. The van der Waals surface area contributed by atoms with Crippen LogP contribution in [0.15, 0.2) is 18.2 Å². The van der Waals surface area contributed by atoms with E-state index in [0.29, 0.717) is 16.9 Å². The van der Waals surface area contributed by atoms with E-state index in [-0.39, 0.29) is 0 Å². The van der Waals surface area contributed by atoms with E-state index in [2.05, 4.69) is 22.4 Å². The summed E-state index contributed by atoms with van der Waals surface area (Å²) in [5.41, 5.74) is 7.85. The molecule has 3 rings (SSSR count). The molecule has 0 aliphatic heterocycles. The lowest BCUT2D eigenvalue weighted by atomic mass is 10.0. The number of anilines is 1. The summed E-state index contributed by atoms with van der Waals surface area (Å²) in [5.74, 6) is 1.47. The van der Waals surface area contributed by atoms with Crippen molar-refractivity contribution in [1.29, 1.82) is 0 Å². The maximum Gasteiger partial charge on any atom is 0.182 e. The van der Waals surface area contributed by atoms with Crippen LogP contribution in [-0.2, 0) is 6.54 Å². The van der Waals surface area contributed by atoms with Crippen LogP contribution in [0, 0.1) is 5.41 Å². The summed E-state index contributed by atoms with van der Waals surface area (Å²) in [4.78, 5) is 0. The van der Waals surface area contributed by atoms with Gasteiger partial charge in [-0.3, -0.25) is 0 Å². The van der Waals surface area contributed by atoms with Gasteiger partial charge < -0.3 is 10.5 Å². The van der Waals surface area contributed by atoms with Crippen LogP contribution < -0.4 is 10.5 Å². The number of aromatic nitrogens is 4. The number of benzene rings is 1. The third kappa shape index (κ3) is 2.84. The molecule has 1 heterocycles. The zero-order valence-electron chi connectivity index (χ0n) is 12.5. The van der Waals surface area contributed by atoms with Crippen LogP contribution in [-0.4, -0.2) is 27.3 Å². The fourth-order valence-electron chi connectivity index (χ4n) is 2.90. The summed E-state index contributed by atoms with van der Waals surface area (Å²) < 4.78 is 7.17. The van der Waals surface area contributed by atoms with Crippen molar-refractivity contribution in [3.05, 3.63) is 18.2 Å². The molecule has 1 aromatic heterocycles. The summed E-state index contributed by atoms with van der Waals surface area (Å²) in [5, 5.41) is 12.2. The van der Waals surface area contributed by atoms with Gasteiger partial charge in [-0.05, 0) is 47.2 Å². The Labute approximate surface area is 124 Å². The second-order valence-electron chi connectivity index (χ2n) is 5.90. The average molecular weight is 287 g/mol. The first kappa shape index (κ1) is 13.9. The van der Waals surface area contributed by atoms with Gasteiger partial charge in [0.25, 0.3) is 0 Å². The molecule has 0 saturated heterocycles. The highest BCUT2D eigenvalue weighted by molar-refractivity contribution is 5.64. The van der Waals surface area contributed by atoms with Gasteiger partial charge in [-0.2, -0.15) is 0 Å². The molecule has 2 N–H and O–H groups in total. The molecular weight excluding hydrogens is 266 g/mol. The Morgan fingerprint density at radius 2 is 2.14 bits per heavy atom. The highest BCUT2D eigenvalue weighted by Gasteiger charge is 2.42. The Hall–Kier alpha value is -2.11. The Balaban J connectivity index is 1.90. The van der Waals surface area contributed by atoms with Gasteiger partial charge in [0, 0.05) is 17.3 Å². The lowest BCUT2D eigenvalue weighted by molar-refractivity contribution is 0.365. The predicted molar refractivity (Wildman–Crippen MR) is 80.8 cm³/mol. The van der Waals surface area contributed by atoms with Crippen molar-refractivity contribution in [2.24, 2.45) is 5.41 Å². The molecule has 21 heavy (non-hydrogen) atoms. The largest absolute Gasteiger partial charge is 0.497 e. The summed E-state index contributed by atoms with van der Waals surface area (Å²) >= 11 is 0. The fourth-order valence-corrected chi connectivity index (χ4v) is 2.90. The summed E-state index contributed by atoms with van der Waals surface area (Å²) in [6, 6.07) is 5.58. The molecule has 1 fully saturated rings. The van der Waals surface area contributed by atoms with E-state index in [0.717, 1.165) is 17.9 Å². The molecule has 0 amide bonds. The minimum atomic E-state index is 0.392. The lowest BCUT2D eigenvalue weighted by Gasteiger charge is -2.14. The minimum absolute atomic E-state index is 0.392. The highest BCUT2D eigenvalue weighted by Crippen LogP contribution is 2.51. The van der Waals surface area contributed by atoms with Crippen molar-refractivity contribution in [3.63, 3.8) is 0 Å². The zero-order valence-corrected chi connectivity index (χ0v) is 12.5. The molecule has 1 aliphatic carbocycles. The number of methoxy groups -OCH3 is 1. The van der Waals surface area contributed by atoms with Crippen LogP contribution in [0.2, 0.25) is 0 Å². The van der Waals surface area contributed by atoms with Gasteiger partial charge in [0.1, 0.15) is 5.75 Å². The van der Waals surface area contributed by atoms with Crippen LogP contribution >= 0.6 is 0 Å². The molecule has 112 valence electrons. The molecular formula is C15H21N5O. The maximum absolute atomic E-state index is 5.92. The van der Waals surface area contributed by atoms with Gasteiger partial charge in [0.2, 0.25) is 0 Å². The minimum Gasteiger partial charge on any atom is -0.497 e. The molecule has 6 heteroatoms. The molecule has 1 saturated carbocycles. The molecule has 0 spiro atoms. The van der Waals surface area contributed by atoms with Crippen molar-refractivity contribution < 1.29 is 4.74 Å². The van der Waals surface area contributed by atoms with E-state index < -0.39 is 0 Å². The second kappa shape index (κ2) is 5.35. The molecule has 0 radical (unpaired) electrons. The normalized spacial score (nSPS) is 15.9. The van der Waals surface area contributed by atoms with E-state index in [1.165, 1.54) is 25.7 Å². The van der Waals surface area contributed by atoms with Gasteiger partial charge in [-0.25, -0.2) is 4.68 Å². The first-order valence-electron chi connectivity index (χ1n) is 7.37. The molecule has 0 bridgehead atoms. The number of tetrazole rings is 1. The van der Waals surface area contributed by atoms with E-state index in [9.17, 15) is 0 Å². The van der Waals surface area contributed by atoms with Crippen molar-refractivity contribution in [1.82, 2.24) is 20.2 Å². The first-order chi connectivity index (χ1) is 10.2. The van der Waals surface area contributed by atoms with Crippen LogP contribution in [0.25, 0.3) is 11.4 Å². The number of hydrogen-bond donors (Lipinski definition) is 1. The fraction of sp³-hybridized carbons (Fsp3) is 0.533. The standard InChI is InChI=1S/C15H21N5O/c1-3-4-15(5-6-15)10-20-14(17-18-19-20)11-7-12(16)9-13(8-11)21-2/h7-9H,3-6,10,16H2,1-2H3. The average Bonchev–Trinajstić information content (AvgIpc) is 3.06. The van der Waals surface area contributed by atoms with Crippen LogP contribution in [0.4, 0.5) is 5.69 Å². The number of nitrogen functional groups attached to an aromatic ring is 1. The third-order valence-electron chi connectivity index (χ3n) is 4.18. The molecule has 6 nitrogen and oxygen atoms in total. The van der Waals surface area contributed by atoms with Gasteiger partial charge in [0.05, 0.1) is 13.7 Å². The lowest BCUT2D eigenvalue weighted by Crippen LogP contribution is -2.14. The number of rotatable bonds is 6. The van der Waals surface area contributed by atoms with Crippen LogP contribution in [0.5, 0.6) is 5.75 Å². The van der Waals surface area contributed by atoms with E-state index >= 15 is 0 Å². The summed E-state index contributed by atoms with van der Waals surface area (Å²) in [6.45, 7) is 3.10. The van der Waals surface area contributed by atoms with Crippen LogP contribution in [0.1, 0.15) is 32.6 Å². The Bertz CT molecular complexity index is 633. The van der Waals surface area contributed by atoms with Gasteiger partial charge in [-0.1, -0.05) is 13.3 Å². The van der Waals surface area contributed by atoms with Crippen molar-refractivity contribution >= 4 is 5.69 Å². The summed E-state index contributed by atoms with van der Waals surface area (Å²) in [6.07, 6.45) is 4.96. The molecule has 0 unspecified atom stereocenters. The van der Waals surface area contributed by atoms with Crippen molar-refractivity contribution in [3.8, 4) is 17.1 Å². The van der Waals surface area contributed by atoms with Crippen molar-refractivity contribution in [2.45, 2.75) is 39.2 Å². The quantitative estimate of drug-likeness (QED) is 0.826. The zero-order chi connectivity index (χ0) is 14.9.